The van der Waals surface area contributed by atoms with Crippen molar-refractivity contribution in [2.45, 2.75) is 25.1 Å². The summed E-state index contributed by atoms with van der Waals surface area (Å²) < 4.78 is 43.2. The molecule has 1 aliphatic rings. The van der Waals surface area contributed by atoms with E-state index in [0.717, 1.165) is 17.8 Å². The van der Waals surface area contributed by atoms with Gasteiger partial charge in [-0.25, -0.2) is 4.98 Å². The van der Waals surface area contributed by atoms with Gasteiger partial charge in [0.25, 0.3) is 5.91 Å². The minimum atomic E-state index is -4.40. The van der Waals surface area contributed by atoms with E-state index >= 15 is 0 Å². The molecule has 0 aromatic carbocycles. The highest BCUT2D eigenvalue weighted by Crippen LogP contribution is 2.30. The molecule has 1 saturated heterocycles. The van der Waals surface area contributed by atoms with Gasteiger partial charge in [0, 0.05) is 49.4 Å². The molecule has 7 nitrogen and oxygen atoms in total. The highest BCUT2D eigenvalue weighted by molar-refractivity contribution is 5.93. The quantitative estimate of drug-likeness (QED) is 0.699. The Hall–Kier alpha value is -3.43. The van der Waals surface area contributed by atoms with Gasteiger partial charge in [-0.05, 0) is 37.1 Å². The number of hydrogen-bond acceptors (Lipinski definition) is 6. The number of nitrogens with zero attached hydrogens (tertiary/aromatic N) is 4. The monoisotopic (exact) mass is 417 g/mol. The van der Waals surface area contributed by atoms with Crippen molar-refractivity contribution in [1.29, 1.82) is 0 Å². The predicted molar refractivity (Wildman–Crippen MR) is 102 cm³/mol. The molecular formula is C20H18F3N5O2. The number of alkyl halides is 3. The summed E-state index contributed by atoms with van der Waals surface area (Å²) in [6.45, 7) is 1.15. The summed E-state index contributed by atoms with van der Waals surface area (Å²) in [6, 6.07) is 7.43. The van der Waals surface area contributed by atoms with Crippen molar-refractivity contribution >= 4 is 11.7 Å². The van der Waals surface area contributed by atoms with Gasteiger partial charge >= 0.3 is 6.18 Å². The van der Waals surface area contributed by atoms with Gasteiger partial charge in [-0.3, -0.25) is 9.78 Å². The van der Waals surface area contributed by atoms with Crippen LogP contribution in [0.2, 0.25) is 0 Å². The second kappa shape index (κ2) is 8.13. The molecule has 1 fully saturated rings. The standard InChI is InChI=1S/C20H18F3N5O2/c21-20(22,23)14-1-2-18(25-12-14)28-9-5-15(6-10-28)26-19(29)16-11-17(30-27-16)13-3-7-24-8-4-13/h1-4,7-8,11-12,15H,5-6,9-10H2,(H,26,29). The third-order valence-corrected chi connectivity index (χ3v) is 4.94. The van der Waals surface area contributed by atoms with Crippen LogP contribution in [0.25, 0.3) is 11.3 Å². The molecule has 3 aromatic heterocycles. The summed E-state index contributed by atoms with van der Waals surface area (Å²) >= 11 is 0. The molecule has 3 aromatic rings. The molecule has 0 radical (unpaired) electrons. The molecule has 1 N–H and O–H groups in total. The summed E-state index contributed by atoms with van der Waals surface area (Å²) in [6.07, 6.45) is 0.968. The number of pyridine rings is 2. The van der Waals surface area contributed by atoms with Crippen LogP contribution in [0, 0.1) is 0 Å². The maximum atomic E-state index is 12.7. The van der Waals surface area contributed by atoms with Gasteiger partial charge in [0.05, 0.1) is 5.56 Å². The highest BCUT2D eigenvalue weighted by atomic mass is 19.4. The van der Waals surface area contributed by atoms with E-state index in [4.69, 9.17) is 4.52 Å². The first kappa shape index (κ1) is 19.9. The first-order valence-electron chi connectivity index (χ1n) is 9.36. The number of carbonyl (C=O) groups excluding carboxylic acids is 1. The van der Waals surface area contributed by atoms with Crippen molar-refractivity contribution in [2.24, 2.45) is 0 Å². The maximum absolute atomic E-state index is 12.7. The molecule has 1 amide bonds. The number of amides is 1. The minimum Gasteiger partial charge on any atom is -0.356 e. The van der Waals surface area contributed by atoms with Crippen molar-refractivity contribution < 1.29 is 22.5 Å². The molecule has 0 spiro atoms. The van der Waals surface area contributed by atoms with Gasteiger partial charge in [0.15, 0.2) is 11.5 Å². The summed E-state index contributed by atoms with van der Waals surface area (Å²) in [5.74, 6) is 0.641. The first-order chi connectivity index (χ1) is 14.4. The number of rotatable bonds is 4. The van der Waals surface area contributed by atoms with E-state index in [0.29, 0.717) is 37.5 Å². The van der Waals surface area contributed by atoms with E-state index in [1.54, 1.807) is 30.6 Å². The molecule has 4 heterocycles. The summed E-state index contributed by atoms with van der Waals surface area (Å²) in [4.78, 5) is 22.2. The number of nitrogens with one attached hydrogen (secondary N) is 1. The SMILES string of the molecule is O=C(NC1CCN(c2ccc(C(F)(F)F)cn2)CC1)c1cc(-c2ccncc2)on1. The molecule has 0 aliphatic carbocycles. The smallest absolute Gasteiger partial charge is 0.356 e. The van der Waals surface area contributed by atoms with Gasteiger partial charge in [-0.1, -0.05) is 5.16 Å². The van der Waals surface area contributed by atoms with E-state index in [1.165, 1.54) is 6.07 Å². The predicted octanol–water partition coefficient (Wildman–Crippen LogP) is 3.55. The van der Waals surface area contributed by atoms with E-state index in [2.05, 4.69) is 20.4 Å². The van der Waals surface area contributed by atoms with Gasteiger partial charge in [-0.2, -0.15) is 13.2 Å². The van der Waals surface area contributed by atoms with Crippen LogP contribution in [0.3, 0.4) is 0 Å². The fourth-order valence-electron chi connectivity index (χ4n) is 3.29. The van der Waals surface area contributed by atoms with E-state index < -0.39 is 11.7 Å². The summed E-state index contributed by atoms with van der Waals surface area (Å²) in [5.41, 5.74) is 0.190. The van der Waals surface area contributed by atoms with Crippen molar-refractivity contribution in [3.05, 3.63) is 60.2 Å². The van der Waals surface area contributed by atoms with Gasteiger partial charge in [0.2, 0.25) is 0 Å². The molecule has 156 valence electrons. The Morgan fingerprint density at radius 2 is 1.87 bits per heavy atom. The minimum absolute atomic E-state index is 0.0655. The number of halogens is 3. The Morgan fingerprint density at radius 1 is 1.13 bits per heavy atom. The Kier molecular flexibility index (Phi) is 5.39. The zero-order valence-corrected chi connectivity index (χ0v) is 15.8. The molecule has 10 heteroatoms. The number of carbonyl (C=O) groups is 1. The lowest BCUT2D eigenvalue weighted by Crippen LogP contribution is -2.45. The first-order valence-corrected chi connectivity index (χ1v) is 9.36. The summed E-state index contributed by atoms with van der Waals surface area (Å²) in [7, 11) is 0. The van der Waals surface area contributed by atoms with E-state index in [9.17, 15) is 18.0 Å². The zero-order chi connectivity index (χ0) is 21.1. The van der Waals surface area contributed by atoms with Gasteiger partial charge in [-0.15, -0.1) is 0 Å². The number of hydrogen-bond donors (Lipinski definition) is 1. The molecular weight excluding hydrogens is 399 g/mol. The Bertz CT molecular complexity index is 997. The van der Waals surface area contributed by atoms with Crippen LogP contribution in [0.1, 0.15) is 28.9 Å². The largest absolute Gasteiger partial charge is 0.417 e. The summed E-state index contributed by atoms with van der Waals surface area (Å²) in [5, 5.41) is 6.76. The van der Waals surface area contributed by atoms with Crippen LogP contribution in [0.5, 0.6) is 0 Å². The van der Waals surface area contributed by atoms with Crippen LogP contribution in [-0.2, 0) is 6.18 Å². The molecule has 0 saturated carbocycles. The number of anilines is 1. The third kappa shape index (κ3) is 4.42. The van der Waals surface area contributed by atoms with Crippen molar-refractivity contribution in [2.75, 3.05) is 18.0 Å². The molecule has 0 atom stereocenters. The van der Waals surface area contributed by atoms with E-state index in [1.807, 2.05) is 4.90 Å². The van der Waals surface area contributed by atoms with Gasteiger partial charge in [0.1, 0.15) is 5.82 Å². The van der Waals surface area contributed by atoms with Crippen molar-refractivity contribution in [3.8, 4) is 11.3 Å². The van der Waals surface area contributed by atoms with Crippen LogP contribution >= 0.6 is 0 Å². The van der Waals surface area contributed by atoms with Crippen LogP contribution < -0.4 is 10.2 Å². The van der Waals surface area contributed by atoms with Crippen molar-refractivity contribution in [3.63, 3.8) is 0 Å². The molecule has 30 heavy (non-hydrogen) atoms. The van der Waals surface area contributed by atoms with E-state index in [-0.39, 0.29) is 17.6 Å². The highest BCUT2D eigenvalue weighted by Gasteiger charge is 2.31. The lowest BCUT2D eigenvalue weighted by molar-refractivity contribution is -0.137. The molecule has 1 aliphatic heterocycles. The lowest BCUT2D eigenvalue weighted by Gasteiger charge is -2.33. The van der Waals surface area contributed by atoms with Crippen LogP contribution in [-0.4, -0.2) is 40.2 Å². The average molecular weight is 417 g/mol. The lowest BCUT2D eigenvalue weighted by atomic mass is 10.0. The fraction of sp³-hybridized carbons (Fsp3) is 0.300. The number of aromatic nitrogens is 3. The Balaban J connectivity index is 1.32. The maximum Gasteiger partial charge on any atom is 0.417 e. The van der Waals surface area contributed by atoms with Crippen LogP contribution in [0.15, 0.2) is 53.4 Å². The topological polar surface area (TPSA) is 84.2 Å². The Labute approximate surface area is 169 Å². The zero-order valence-electron chi connectivity index (χ0n) is 15.8. The number of piperidine rings is 1. The molecule has 4 rings (SSSR count). The molecule has 0 unspecified atom stereocenters. The van der Waals surface area contributed by atoms with Crippen LogP contribution in [0.4, 0.5) is 19.0 Å². The average Bonchev–Trinajstić information content (AvgIpc) is 3.25. The van der Waals surface area contributed by atoms with Crippen molar-refractivity contribution in [1.82, 2.24) is 20.4 Å². The second-order valence-corrected chi connectivity index (χ2v) is 6.95. The fourth-order valence-corrected chi connectivity index (χ4v) is 3.29. The normalized spacial score (nSPS) is 15.2. The molecule has 0 bridgehead atoms. The Morgan fingerprint density at radius 3 is 2.50 bits per heavy atom. The second-order valence-electron chi connectivity index (χ2n) is 6.95. The van der Waals surface area contributed by atoms with Gasteiger partial charge < -0.3 is 14.7 Å². The third-order valence-electron chi connectivity index (χ3n) is 4.94.